The highest BCUT2D eigenvalue weighted by atomic mass is 16.2. The Balaban J connectivity index is 1.48. The van der Waals surface area contributed by atoms with Crippen LogP contribution in [0.4, 0.5) is 0 Å². The fourth-order valence-corrected chi connectivity index (χ4v) is 6.47. The summed E-state index contributed by atoms with van der Waals surface area (Å²) in [6, 6.07) is 7.63. The maximum absolute atomic E-state index is 13.5. The lowest BCUT2D eigenvalue weighted by Crippen LogP contribution is -2.58. The average molecular weight is 597 g/mol. The van der Waals surface area contributed by atoms with Crippen molar-refractivity contribution in [1.29, 1.82) is 0 Å². The molecule has 4 amide bonds. The van der Waals surface area contributed by atoms with Gasteiger partial charge in [-0.25, -0.2) is 0 Å². The molecule has 43 heavy (non-hydrogen) atoms. The molecule has 0 saturated carbocycles. The summed E-state index contributed by atoms with van der Waals surface area (Å²) in [7, 11) is 2.12. The highest BCUT2D eigenvalue weighted by Gasteiger charge is 2.39. The molecule has 3 heterocycles. The van der Waals surface area contributed by atoms with E-state index in [0.29, 0.717) is 58.3 Å². The van der Waals surface area contributed by atoms with Crippen molar-refractivity contribution in [2.75, 3.05) is 39.8 Å². The van der Waals surface area contributed by atoms with Crippen molar-refractivity contribution in [2.45, 2.75) is 103 Å². The zero-order valence-electron chi connectivity index (χ0n) is 26.6. The van der Waals surface area contributed by atoms with Crippen molar-refractivity contribution < 1.29 is 19.2 Å². The van der Waals surface area contributed by atoms with Crippen LogP contribution in [-0.2, 0) is 32.1 Å². The second-order valence-electron chi connectivity index (χ2n) is 14.1. The van der Waals surface area contributed by atoms with Crippen molar-refractivity contribution >= 4 is 23.6 Å². The van der Waals surface area contributed by atoms with Gasteiger partial charge in [-0.1, -0.05) is 45.0 Å². The number of benzene rings is 1. The molecule has 10 nitrogen and oxygen atoms in total. The van der Waals surface area contributed by atoms with Gasteiger partial charge in [0.2, 0.25) is 23.6 Å². The van der Waals surface area contributed by atoms with E-state index in [0.717, 1.165) is 37.1 Å². The number of amides is 4. The molecule has 0 unspecified atom stereocenters. The predicted molar refractivity (Wildman–Crippen MR) is 167 cm³/mol. The number of likely N-dealkylation sites (tertiary alicyclic amines) is 2. The van der Waals surface area contributed by atoms with Gasteiger partial charge in [0, 0.05) is 45.1 Å². The lowest BCUT2D eigenvalue weighted by Gasteiger charge is -2.42. The van der Waals surface area contributed by atoms with Gasteiger partial charge in [0.05, 0.1) is 18.0 Å². The second-order valence-corrected chi connectivity index (χ2v) is 14.1. The molecule has 0 bridgehead atoms. The third kappa shape index (κ3) is 10.0. The maximum atomic E-state index is 13.5. The van der Waals surface area contributed by atoms with Crippen molar-refractivity contribution in [2.24, 2.45) is 5.41 Å². The van der Waals surface area contributed by atoms with Crippen LogP contribution in [0.3, 0.4) is 0 Å². The summed E-state index contributed by atoms with van der Waals surface area (Å²) >= 11 is 0. The van der Waals surface area contributed by atoms with Crippen LogP contribution in [0.5, 0.6) is 0 Å². The van der Waals surface area contributed by atoms with Crippen LogP contribution in [0.1, 0.15) is 83.3 Å². The van der Waals surface area contributed by atoms with Crippen LogP contribution in [0.25, 0.3) is 0 Å². The van der Waals surface area contributed by atoms with Crippen molar-refractivity contribution in [3.05, 3.63) is 35.4 Å². The van der Waals surface area contributed by atoms with Crippen LogP contribution >= 0.6 is 0 Å². The van der Waals surface area contributed by atoms with E-state index >= 15 is 0 Å². The molecule has 3 aliphatic heterocycles. The molecule has 1 aromatic rings. The van der Waals surface area contributed by atoms with Gasteiger partial charge in [-0.2, -0.15) is 0 Å². The highest BCUT2D eigenvalue weighted by molar-refractivity contribution is 5.84. The quantitative estimate of drug-likeness (QED) is 0.424. The first-order valence-electron chi connectivity index (χ1n) is 16.1. The number of carbonyl (C=O) groups is 4. The molecule has 0 radical (unpaired) electrons. The molecule has 1 aromatic carbocycles. The van der Waals surface area contributed by atoms with E-state index in [9.17, 15) is 19.2 Å². The van der Waals surface area contributed by atoms with Gasteiger partial charge in [-0.3, -0.25) is 19.2 Å². The Morgan fingerprint density at radius 3 is 2.30 bits per heavy atom. The fraction of sp³-hybridized carbons (Fsp3) is 0.697. The van der Waals surface area contributed by atoms with Crippen LogP contribution in [-0.4, -0.2) is 90.8 Å². The summed E-state index contributed by atoms with van der Waals surface area (Å²) in [5.41, 5.74) is 0.949. The van der Waals surface area contributed by atoms with E-state index in [-0.39, 0.29) is 54.0 Å². The lowest BCUT2D eigenvalue weighted by molar-refractivity contribution is -0.135. The van der Waals surface area contributed by atoms with E-state index in [1.54, 1.807) is 0 Å². The largest absolute Gasteiger partial charge is 0.356 e. The van der Waals surface area contributed by atoms with E-state index in [1.165, 1.54) is 0 Å². The Morgan fingerprint density at radius 2 is 1.63 bits per heavy atom. The highest BCUT2D eigenvalue weighted by Crippen LogP contribution is 2.29. The van der Waals surface area contributed by atoms with Crippen molar-refractivity contribution in [3.8, 4) is 0 Å². The number of nitrogens with one attached hydrogen (secondary N) is 4. The summed E-state index contributed by atoms with van der Waals surface area (Å²) in [5.74, 6) is -0.212. The third-order valence-corrected chi connectivity index (χ3v) is 9.04. The molecule has 2 saturated heterocycles. The number of hydrogen-bond acceptors (Lipinski definition) is 6. The van der Waals surface area contributed by atoms with E-state index in [2.05, 4.69) is 54.0 Å². The Morgan fingerprint density at radius 1 is 0.953 bits per heavy atom. The summed E-state index contributed by atoms with van der Waals surface area (Å²) in [6.07, 6.45) is 5.12. The summed E-state index contributed by atoms with van der Waals surface area (Å²) in [4.78, 5) is 57.1. The van der Waals surface area contributed by atoms with Crippen molar-refractivity contribution in [3.63, 3.8) is 0 Å². The SMILES string of the molecule is CN1CCC(N[C@H]2CCCNC(=O)CC3(CCN(C(=O)CC(C)(C)C)CC3)NC(=O)Cc3ccccc3CNC2=O)CC1. The third-order valence-electron chi connectivity index (χ3n) is 9.04. The molecule has 1 spiro atoms. The van der Waals surface area contributed by atoms with Gasteiger partial charge in [0.25, 0.3) is 0 Å². The molecule has 4 rings (SSSR count). The molecule has 0 aromatic heterocycles. The first kappa shape index (κ1) is 32.9. The van der Waals surface area contributed by atoms with Gasteiger partial charge in [-0.15, -0.1) is 0 Å². The molecule has 3 aliphatic rings. The Hall–Kier alpha value is -2.98. The minimum absolute atomic E-state index is 0.0525. The monoisotopic (exact) mass is 596 g/mol. The van der Waals surface area contributed by atoms with Crippen LogP contribution in [0.2, 0.25) is 0 Å². The van der Waals surface area contributed by atoms with E-state index in [1.807, 2.05) is 29.2 Å². The Kier molecular flexibility index (Phi) is 11.2. The molecule has 4 N–H and O–H groups in total. The number of carbonyl (C=O) groups excluding carboxylic acids is 4. The van der Waals surface area contributed by atoms with E-state index < -0.39 is 5.54 Å². The first-order valence-corrected chi connectivity index (χ1v) is 16.1. The molecular weight excluding hydrogens is 544 g/mol. The average Bonchev–Trinajstić information content (AvgIpc) is 2.94. The van der Waals surface area contributed by atoms with Gasteiger partial charge in [-0.05, 0) is 75.2 Å². The molecule has 1 atom stereocenters. The second kappa shape index (κ2) is 14.7. The van der Waals surface area contributed by atoms with E-state index in [4.69, 9.17) is 0 Å². The maximum Gasteiger partial charge on any atom is 0.237 e. The predicted octanol–water partition coefficient (Wildman–Crippen LogP) is 2.11. The number of fused-ring (bicyclic) bond motifs is 1. The molecule has 10 heteroatoms. The topological polar surface area (TPSA) is 123 Å². The Bertz CT molecular complexity index is 1130. The number of nitrogens with zero attached hydrogens (tertiary/aromatic N) is 2. The smallest absolute Gasteiger partial charge is 0.237 e. The standard InChI is InChI=1S/C33H52N6O4/c1-32(2,3)22-30(42)39-18-13-33(14-19-39)21-29(41)34-15-7-10-27(36-26-11-16-38(4)17-12-26)31(43)35-23-25-9-6-5-8-24(25)20-28(40)37-33/h5-6,8-9,26-27,36H,7,10-23H2,1-4H3,(H,34,41)(H,35,43)(H,37,40)/t27-/m0/s1. The Labute approximate surface area is 257 Å². The number of hydrogen-bond donors (Lipinski definition) is 4. The van der Waals surface area contributed by atoms with Gasteiger partial charge in [0.1, 0.15) is 0 Å². The molecule has 2 fully saturated rings. The van der Waals surface area contributed by atoms with Crippen LogP contribution in [0, 0.1) is 5.41 Å². The fourth-order valence-electron chi connectivity index (χ4n) is 6.47. The summed E-state index contributed by atoms with van der Waals surface area (Å²) < 4.78 is 0. The van der Waals surface area contributed by atoms with Gasteiger partial charge in [0.15, 0.2) is 0 Å². The number of rotatable bonds is 3. The molecule has 0 aliphatic carbocycles. The van der Waals surface area contributed by atoms with Gasteiger partial charge >= 0.3 is 0 Å². The summed E-state index contributed by atoms with van der Waals surface area (Å²) in [5, 5.41) is 13.0. The van der Waals surface area contributed by atoms with Crippen LogP contribution < -0.4 is 21.3 Å². The zero-order chi connectivity index (χ0) is 31.0. The zero-order valence-corrected chi connectivity index (χ0v) is 26.6. The van der Waals surface area contributed by atoms with Crippen LogP contribution in [0.15, 0.2) is 24.3 Å². The first-order chi connectivity index (χ1) is 20.4. The van der Waals surface area contributed by atoms with Gasteiger partial charge < -0.3 is 31.1 Å². The normalized spacial score (nSPS) is 23.7. The number of piperidine rings is 2. The molecular formula is C33H52N6O4. The lowest BCUT2D eigenvalue weighted by atomic mass is 9.82. The minimum Gasteiger partial charge on any atom is -0.356 e. The summed E-state index contributed by atoms with van der Waals surface area (Å²) in [6.45, 7) is 9.99. The molecule has 238 valence electrons. The minimum atomic E-state index is -0.710. The van der Waals surface area contributed by atoms with Crippen molar-refractivity contribution in [1.82, 2.24) is 31.1 Å².